The second-order valence-electron chi connectivity index (χ2n) is 2.94. The molecule has 0 atom stereocenters. The van der Waals surface area contributed by atoms with E-state index in [9.17, 15) is 4.79 Å². The molecule has 0 aliphatic heterocycles. The van der Waals surface area contributed by atoms with Crippen LogP contribution >= 0.6 is 15.9 Å². The molecule has 0 fully saturated rings. The maximum absolute atomic E-state index is 11.3. The molecular formula is C11H7BrN2O. The minimum atomic E-state index is -0.174. The van der Waals surface area contributed by atoms with Gasteiger partial charge in [0.15, 0.2) is 0 Å². The van der Waals surface area contributed by atoms with Gasteiger partial charge in [-0.2, -0.15) is 5.10 Å². The number of nitrogens with zero attached hydrogens (tertiary/aromatic N) is 1. The highest BCUT2D eigenvalue weighted by Crippen LogP contribution is 2.09. The third-order valence-corrected chi connectivity index (χ3v) is 2.25. The van der Waals surface area contributed by atoms with Gasteiger partial charge in [0.25, 0.3) is 5.56 Å². The minimum absolute atomic E-state index is 0.174. The quantitative estimate of drug-likeness (QED) is 0.580. The molecule has 3 nitrogen and oxygen atoms in total. The second kappa shape index (κ2) is 4.28. The molecule has 0 bridgehead atoms. The summed E-state index contributed by atoms with van der Waals surface area (Å²) in [5.41, 5.74) is 0.710. The second-order valence-corrected chi connectivity index (χ2v) is 3.50. The highest BCUT2D eigenvalue weighted by atomic mass is 79.9. The van der Waals surface area contributed by atoms with Crippen LogP contribution in [0.5, 0.6) is 0 Å². The van der Waals surface area contributed by atoms with Gasteiger partial charge < -0.3 is 0 Å². The maximum Gasteiger partial charge on any atom is 0.272 e. The van der Waals surface area contributed by atoms with Crippen LogP contribution in [0.4, 0.5) is 0 Å². The average molecular weight is 263 g/mol. The fraction of sp³-hybridized carbons (Fsp3) is 0.0909. The molecule has 0 spiro atoms. The van der Waals surface area contributed by atoms with Gasteiger partial charge in [-0.3, -0.25) is 4.79 Å². The Balaban J connectivity index is 2.62. The van der Waals surface area contributed by atoms with Crippen LogP contribution in [0.15, 0.2) is 29.2 Å². The summed E-state index contributed by atoms with van der Waals surface area (Å²) in [5.74, 6) is 5.87. The monoisotopic (exact) mass is 262 g/mol. The van der Waals surface area contributed by atoms with Crippen molar-refractivity contribution in [1.29, 1.82) is 0 Å². The zero-order valence-corrected chi connectivity index (χ0v) is 9.34. The summed E-state index contributed by atoms with van der Waals surface area (Å²) in [6.07, 6.45) is 1.62. The van der Waals surface area contributed by atoms with Gasteiger partial charge in [-0.05, 0) is 18.2 Å². The Morgan fingerprint density at radius 2 is 2.33 bits per heavy atom. The van der Waals surface area contributed by atoms with Crippen LogP contribution in [-0.2, 0) is 0 Å². The Labute approximate surface area is 94.6 Å². The molecular weight excluding hydrogens is 256 g/mol. The van der Waals surface area contributed by atoms with Crippen molar-refractivity contribution >= 4 is 26.7 Å². The number of aromatic nitrogens is 2. The molecule has 74 valence electrons. The molecule has 0 saturated heterocycles. The van der Waals surface area contributed by atoms with Crippen LogP contribution in [0.3, 0.4) is 0 Å². The molecule has 1 N–H and O–H groups in total. The summed E-state index contributed by atoms with van der Waals surface area (Å²) in [6.45, 7) is 0. The number of aromatic amines is 1. The predicted molar refractivity (Wildman–Crippen MR) is 63.0 cm³/mol. The number of benzene rings is 1. The zero-order chi connectivity index (χ0) is 10.7. The number of H-pyrrole nitrogens is 1. The lowest BCUT2D eigenvalue weighted by atomic mass is 10.1. The van der Waals surface area contributed by atoms with Crippen molar-refractivity contribution < 1.29 is 0 Å². The Hall–Kier alpha value is -1.60. The minimum Gasteiger partial charge on any atom is -0.267 e. The van der Waals surface area contributed by atoms with Gasteiger partial charge in [-0.15, -0.1) is 0 Å². The number of fused-ring (bicyclic) bond motifs is 1. The molecule has 2 rings (SSSR count). The van der Waals surface area contributed by atoms with E-state index in [1.807, 2.05) is 12.1 Å². The van der Waals surface area contributed by atoms with E-state index < -0.39 is 0 Å². The van der Waals surface area contributed by atoms with Crippen LogP contribution in [0.2, 0.25) is 0 Å². The normalized spacial score (nSPS) is 9.67. The Morgan fingerprint density at radius 1 is 1.47 bits per heavy atom. The van der Waals surface area contributed by atoms with Gasteiger partial charge >= 0.3 is 0 Å². The molecule has 1 aromatic carbocycles. The lowest BCUT2D eigenvalue weighted by Crippen LogP contribution is -2.07. The molecule has 2 aromatic rings. The fourth-order valence-electron chi connectivity index (χ4n) is 1.31. The van der Waals surface area contributed by atoms with Crippen LogP contribution < -0.4 is 5.56 Å². The third kappa shape index (κ3) is 2.08. The van der Waals surface area contributed by atoms with Crippen molar-refractivity contribution in [2.75, 3.05) is 5.33 Å². The summed E-state index contributed by atoms with van der Waals surface area (Å²) in [4.78, 5) is 11.3. The van der Waals surface area contributed by atoms with Gasteiger partial charge in [0.05, 0.1) is 16.9 Å². The van der Waals surface area contributed by atoms with E-state index in [1.165, 1.54) is 0 Å². The van der Waals surface area contributed by atoms with Gasteiger partial charge in [-0.25, -0.2) is 5.10 Å². The topological polar surface area (TPSA) is 45.8 Å². The van der Waals surface area contributed by atoms with Gasteiger partial charge in [0, 0.05) is 10.9 Å². The van der Waals surface area contributed by atoms with E-state index in [0.29, 0.717) is 10.7 Å². The molecule has 0 unspecified atom stereocenters. The van der Waals surface area contributed by atoms with Crippen molar-refractivity contribution in [2.45, 2.75) is 0 Å². The summed E-state index contributed by atoms with van der Waals surface area (Å²) in [6, 6.07) is 5.44. The molecule has 4 heteroatoms. The van der Waals surface area contributed by atoms with Crippen molar-refractivity contribution in [2.24, 2.45) is 0 Å². The maximum atomic E-state index is 11.3. The number of hydrogen-bond donors (Lipinski definition) is 1. The first kappa shape index (κ1) is 9.94. The summed E-state index contributed by atoms with van der Waals surface area (Å²) >= 11 is 3.23. The van der Waals surface area contributed by atoms with Crippen molar-refractivity contribution in [3.8, 4) is 11.8 Å². The molecule has 15 heavy (non-hydrogen) atoms. The highest BCUT2D eigenvalue weighted by molar-refractivity contribution is 9.09. The number of nitrogens with one attached hydrogen (secondary N) is 1. The van der Waals surface area contributed by atoms with E-state index in [-0.39, 0.29) is 5.56 Å². The smallest absolute Gasteiger partial charge is 0.267 e. The van der Waals surface area contributed by atoms with E-state index in [0.717, 1.165) is 10.9 Å². The third-order valence-electron chi connectivity index (χ3n) is 1.97. The Bertz CT molecular complexity index is 607. The van der Waals surface area contributed by atoms with Crippen LogP contribution in [0, 0.1) is 11.8 Å². The van der Waals surface area contributed by atoms with Crippen molar-refractivity contribution in [3.63, 3.8) is 0 Å². The summed E-state index contributed by atoms with van der Waals surface area (Å²) in [5, 5.41) is 8.20. The molecule has 0 saturated carbocycles. The first-order valence-electron chi connectivity index (χ1n) is 4.33. The number of alkyl halides is 1. The van der Waals surface area contributed by atoms with Crippen molar-refractivity contribution in [1.82, 2.24) is 10.2 Å². The molecule has 1 aromatic heterocycles. The SMILES string of the molecule is O=c1[nH]ncc2cc(C#CCBr)ccc12. The van der Waals surface area contributed by atoms with Gasteiger partial charge in [0.2, 0.25) is 0 Å². The number of halogens is 1. The largest absolute Gasteiger partial charge is 0.272 e. The lowest BCUT2D eigenvalue weighted by molar-refractivity contribution is 1.01. The molecule has 0 radical (unpaired) electrons. The summed E-state index contributed by atoms with van der Waals surface area (Å²) < 4.78 is 0. The van der Waals surface area contributed by atoms with E-state index in [1.54, 1.807) is 12.3 Å². The van der Waals surface area contributed by atoms with Gasteiger partial charge in [-0.1, -0.05) is 27.8 Å². The average Bonchev–Trinajstić information content (AvgIpc) is 2.26. The fourth-order valence-corrected chi connectivity index (χ4v) is 1.45. The van der Waals surface area contributed by atoms with Crippen LogP contribution in [0.1, 0.15) is 5.56 Å². The zero-order valence-electron chi connectivity index (χ0n) is 7.75. The predicted octanol–water partition coefficient (Wildman–Crippen LogP) is 1.67. The van der Waals surface area contributed by atoms with Crippen molar-refractivity contribution in [3.05, 3.63) is 40.3 Å². The van der Waals surface area contributed by atoms with E-state index in [4.69, 9.17) is 0 Å². The molecule has 0 aliphatic carbocycles. The standard InChI is InChI=1S/C11H7BrN2O/c12-5-1-2-8-3-4-10-9(6-8)7-13-14-11(10)15/h3-4,6-7H,5H2,(H,14,15). The van der Waals surface area contributed by atoms with E-state index in [2.05, 4.69) is 38.0 Å². The molecule has 1 heterocycles. The lowest BCUT2D eigenvalue weighted by Gasteiger charge is -1.95. The van der Waals surface area contributed by atoms with Crippen LogP contribution in [0.25, 0.3) is 10.8 Å². The Kier molecular flexibility index (Phi) is 2.84. The summed E-state index contributed by atoms with van der Waals surface area (Å²) in [7, 11) is 0. The number of hydrogen-bond acceptors (Lipinski definition) is 2. The molecule has 0 amide bonds. The molecule has 0 aliphatic rings. The van der Waals surface area contributed by atoms with Gasteiger partial charge in [0.1, 0.15) is 0 Å². The number of rotatable bonds is 0. The first-order valence-corrected chi connectivity index (χ1v) is 5.45. The highest BCUT2D eigenvalue weighted by Gasteiger charge is 1.98. The van der Waals surface area contributed by atoms with Crippen LogP contribution in [-0.4, -0.2) is 15.5 Å². The van der Waals surface area contributed by atoms with E-state index >= 15 is 0 Å². The first-order chi connectivity index (χ1) is 7.31. The Morgan fingerprint density at radius 3 is 3.13 bits per heavy atom.